The molecule has 0 radical (unpaired) electrons. The van der Waals surface area contributed by atoms with Gasteiger partial charge in [0.2, 0.25) is 0 Å². The summed E-state index contributed by atoms with van der Waals surface area (Å²) in [7, 11) is 0. The van der Waals surface area contributed by atoms with Gasteiger partial charge in [-0.15, -0.1) is 0 Å². The van der Waals surface area contributed by atoms with E-state index in [1.54, 1.807) is 20.8 Å². The van der Waals surface area contributed by atoms with Crippen LogP contribution in [0.15, 0.2) is 0 Å². The molecule has 2 atom stereocenters. The maximum Gasteiger partial charge on any atom is 0.410 e. The average Bonchev–Trinajstić information content (AvgIpc) is 2.69. The van der Waals surface area contributed by atoms with Gasteiger partial charge in [-0.3, -0.25) is 4.79 Å². The third-order valence-electron chi connectivity index (χ3n) is 3.45. The summed E-state index contributed by atoms with van der Waals surface area (Å²) < 4.78 is 10.5. The lowest BCUT2D eigenvalue weighted by atomic mass is 9.81. The topological polar surface area (TPSA) is 76.1 Å². The highest BCUT2D eigenvalue weighted by atomic mass is 16.6. The smallest absolute Gasteiger partial charge is 0.410 e. The van der Waals surface area contributed by atoms with Crippen LogP contribution in [-0.4, -0.2) is 54.0 Å². The van der Waals surface area contributed by atoms with Crippen LogP contribution in [0, 0.1) is 11.3 Å². The van der Waals surface area contributed by atoms with Crippen LogP contribution in [0.3, 0.4) is 0 Å². The third kappa shape index (κ3) is 2.16. The lowest BCUT2D eigenvalue weighted by Crippen LogP contribution is -2.41. The van der Waals surface area contributed by atoms with Gasteiger partial charge in [-0.05, 0) is 20.8 Å². The summed E-state index contributed by atoms with van der Waals surface area (Å²) in [5, 5.41) is 9.35. The Labute approximate surface area is 106 Å². The monoisotopic (exact) mass is 257 g/mol. The summed E-state index contributed by atoms with van der Waals surface area (Å²) in [4.78, 5) is 24.8. The molecule has 0 spiro atoms. The summed E-state index contributed by atoms with van der Waals surface area (Å²) in [6.07, 6.45) is -0.447. The molecule has 2 aliphatic rings. The molecule has 0 saturated carbocycles. The lowest BCUT2D eigenvalue weighted by Gasteiger charge is -2.25. The predicted molar refractivity (Wildman–Crippen MR) is 62.2 cm³/mol. The normalized spacial score (nSPS) is 31.3. The van der Waals surface area contributed by atoms with E-state index in [1.807, 2.05) is 0 Å². The van der Waals surface area contributed by atoms with Gasteiger partial charge in [0.15, 0.2) is 0 Å². The van der Waals surface area contributed by atoms with E-state index < -0.39 is 23.1 Å². The molecule has 6 heteroatoms. The summed E-state index contributed by atoms with van der Waals surface area (Å²) >= 11 is 0. The number of fused-ring (bicyclic) bond motifs is 1. The first-order valence-electron chi connectivity index (χ1n) is 6.04. The van der Waals surface area contributed by atoms with E-state index in [2.05, 4.69) is 0 Å². The number of ether oxygens (including phenoxy) is 2. The van der Waals surface area contributed by atoms with Gasteiger partial charge in [0.05, 0.1) is 13.2 Å². The van der Waals surface area contributed by atoms with Crippen molar-refractivity contribution in [2.75, 3.05) is 26.3 Å². The fourth-order valence-electron chi connectivity index (χ4n) is 2.50. The number of carbonyl (C=O) groups is 2. The third-order valence-corrected chi connectivity index (χ3v) is 3.45. The fraction of sp³-hybridized carbons (Fsp3) is 0.833. The standard InChI is InChI=1S/C12H19NO5/c1-11(2,3)18-10(16)13-4-8-5-17-7-12(8,6-13)9(14)15/h8H,4-7H2,1-3H3,(H,14,15)/t8-,12+/m0/s1. The van der Waals surface area contributed by atoms with Crippen molar-refractivity contribution >= 4 is 12.1 Å². The molecule has 2 fully saturated rings. The number of hydrogen-bond donors (Lipinski definition) is 1. The van der Waals surface area contributed by atoms with E-state index in [-0.39, 0.29) is 19.1 Å². The van der Waals surface area contributed by atoms with Crippen LogP contribution < -0.4 is 0 Å². The molecular weight excluding hydrogens is 238 g/mol. The maximum absolute atomic E-state index is 11.9. The molecule has 0 aromatic rings. The highest BCUT2D eigenvalue weighted by Gasteiger charge is 2.57. The lowest BCUT2D eigenvalue weighted by molar-refractivity contribution is -0.149. The number of carboxylic acids is 1. The van der Waals surface area contributed by atoms with E-state index in [4.69, 9.17) is 9.47 Å². The molecule has 0 unspecified atom stereocenters. The Hall–Kier alpha value is -1.30. The van der Waals surface area contributed by atoms with E-state index in [0.29, 0.717) is 13.2 Å². The number of rotatable bonds is 1. The van der Waals surface area contributed by atoms with Gasteiger partial charge in [-0.2, -0.15) is 0 Å². The molecule has 0 aliphatic carbocycles. The maximum atomic E-state index is 11.9. The van der Waals surface area contributed by atoms with Crippen LogP contribution in [0.5, 0.6) is 0 Å². The van der Waals surface area contributed by atoms with Crippen molar-refractivity contribution in [2.45, 2.75) is 26.4 Å². The fourth-order valence-corrected chi connectivity index (χ4v) is 2.50. The van der Waals surface area contributed by atoms with Crippen molar-refractivity contribution in [3.63, 3.8) is 0 Å². The van der Waals surface area contributed by atoms with Gasteiger partial charge >= 0.3 is 12.1 Å². The van der Waals surface area contributed by atoms with Gasteiger partial charge in [-0.1, -0.05) is 0 Å². The molecule has 102 valence electrons. The zero-order chi connectivity index (χ0) is 13.6. The van der Waals surface area contributed by atoms with Crippen LogP contribution in [0.2, 0.25) is 0 Å². The molecular formula is C12H19NO5. The zero-order valence-electron chi connectivity index (χ0n) is 10.9. The zero-order valence-corrected chi connectivity index (χ0v) is 10.9. The van der Waals surface area contributed by atoms with Crippen molar-refractivity contribution in [2.24, 2.45) is 11.3 Å². The van der Waals surface area contributed by atoms with E-state index in [1.165, 1.54) is 4.90 Å². The Morgan fingerprint density at radius 2 is 2.11 bits per heavy atom. The second-order valence-electron chi connectivity index (χ2n) is 6.03. The van der Waals surface area contributed by atoms with Gasteiger partial charge in [0, 0.05) is 19.0 Å². The first-order chi connectivity index (χ1) is 8.24. The second-order valence-corrected chi connectivity index (χ2v) is 6.03. The largest absolute Gasteiger partial charge is 0.481 e. The van der Waals surface area contributed by atoms with Crippen LogP contribution in [-0.2, 0) is 14.3 Å². The number of aliphatic carboxylic acids is 1. The Morgan fingerprint density at radius 1 is 1.44 bits per heavy atom. The molecule has 2 heterocycles. The molecule has 0 bridgehead atoms. The van der Waals surface area contributed by atoms with Crippen LogP contribution >= 0.6 is 0 Å². The number of likely N-dealkylation sites (tertiary alicyclic amines) is 1. The van der Waals surface area contributed by atoms with E-state index in [0.717, 1.165) is 0 Å². The molecule has 1 N–H and O–H groups in total. The predicted octanol–water partition coefficient (Wildman–Crippen LogP) is 0.954. The van der Waals surface area contributed by atoms with Crippen molar-refractivity contribution in [1.29, 1.82) is 0 Å². The number of carboxylic acid groups (broad SMARTS) is 1. The molecule has 1 amide bonds. The van der Waals surface area contributed by atoms with Crippen LogP contribution in [0.4, 0.5) is 4.79 Å². The van der Waals surface area contributed by atoms with Crippen molar-refractivity contribution < 1.29 is 24.2 Å². The van der Waals surface area contributed by atoms with Gasteiger partial charge < -0.3 is 19.5 Å². The molecule has 6 nitrogen and oxygen atoms in total. The number of nitrogens with zero attached hydrogens (tertiary/aromatic N) is 1. The summed E-state index contributed by atoms with van der Waals surface area (Å²) in [6, 6.07) is 0. The number of carbonyl (C=O) groups excluding carboxylic acids is 1. The SMILES string of the molecule is CC(C)(C)OC(=O)N1C[C@H]2COC[C@]2(C(=O)O)C1. The van der Waals surface area contributed by atoms with Crippen LogP contribution in [0.25, 0.3) is 0 Å². The van der Waals surface area contributed by atoms with Gasteiger partial charge in [0.25, 0.3) is 0 Å². The first-order valence-corrected chi connectivity index (χ1v) is 6.04. The molecule has 2 saturated heterocycles. The van der Waals surface area contributed by atoms with Gasteiger partial charge in [0.1, 0.15) is 11.0 Å². The molecule has 18 heavy (non-hydrogen) atoms. The highest BCUT2D eigenvalue weighted by Crippen LogP contribution is 2.41. The van der Waals surface area contributed by atoms with Gasteiger partial charge in [-0.25, -0.2) is 4.79 Å². The average molecular weight is 257 g/mol. The Morgan fingerprint density at radius 3 is 2.61 bits per heavy atom. The van der Waals surface area contributed by atoms with E-state index in [9.17, 15) is 14.7 Å². The molecule has 0 aromatic heterocycles. The number of hydrogen-bond acceptors (Lipinski definition) is 4. The van der Waals surface area contributed by atoms with Crippen molar-refractivity contribution in [3.05, 3.63) is 0 Å². The highest BCUT2D eigenvalue weighted by molar-refractivity contribution is 5.79. The Balaban J connectivity index is 2.08. The Kier molecular flexibility index (Phi) is 3.01. The summed E-state index contributed by atoms with van der Waals surface area (Å²) in [6.45, 7) is 6.49. The second kappa shape index (κ2) is 4.12. The van der Waals surface area contributed by atoms with E-state index >= 15 is 0 Å². The van der Waals surface area contributed by atoms with Crippen molar-refractivity contribution in [3.8, 4) is 0 Å². The summed E-state index contributed by atoms with van der Waals surface area (Å²) in [5.41, 5.74) is -1.52. The number of amides is 1. The minimum Gasteiger partial charge on any atom is -0.481 e. The minimum atomic E-state index is -0.948. The van der Waals surface area contributed by atoms with Crippen LogP contribution in [0.1, 0.15) is 20.8 Å². The van der Waals surface area contributed by atoms with Crippen molar-refractivity contribution in [1.82, 2.24) is 4.90 Å². The Bertz CT molecular complexity index is 375. The molecule has 2 aliphatic heterocycles. The summed E-state index contributed by atoms with van der Waals surface area (Å²) in [5.74, 6) is -1.03. The molecule has 0 aromatic carbocycles. The minimum absolute atomic E-state index is 0.137. The molecule has 2 rings (SSSR count). The first kappa shape index (κ1) is 13.1. The quantitative estimate of drug-likeness (QED) is 0.757.